The maximum atomic E-state index is 13.2. The number of aromatic nitrogens is 3. The zero-order chi connectivity index (χ0) is 22.9. The molecule has 5 rings (SSSR count). The Morgan fingerprint density at radius 2 is 1.91 bits per heavy atom. The minimum atomic E-state index is -0.532. The van der Waals surface area contributed by atoms with Crippen molar-refractivity contribution < 1.29 is 9.59 Å². The summed E-state index contributed by atoms with van der Waals surface area (Å²) in [5.74, 6) is 0.132. The number of likely N-dealkylation sites (tertiary alicyclic amines) is 1. The summed E-state index contributed by atoms with van der Waals surface area (Å²) in [5.41, 5.74) is 1.59. The standard InChI is InChI=1S/C24H21N5O3S/c1-15-26-19-6-3-2-5-18(19)23(32)29(15)17-10-8-16(9-11-17)22(31)28-13-4-7-20(28)21(30)27-24-25-12-14-33-24/h2-3,5-6,8-12,14,20H,4,7,13H2,1H3,(H,25,27,30). The van der Waals surface area contributed by atoms with E-state index in [1.165, 1.54) is 15.9 Å². The highest BCUT2D eigenvalue weighted by Gasteiger charge is 2.34. The number of rotatable bonds is 4. The van der Waals surface area contributed by atoms with Crippen LogP contribution in [-0.4, -0.2) is 43.8 Å². The lowest BCUT2D eigenvalue weighted by Gasteiger charge is -2.23. The number of thiazole rings is 1. The average molecular weight is 460 g/mol. The average Bonchev–Trinajstić information content (AvgIpc) is 3.51. The van der Waals surface area contributed by atoms with Gasteiger partial charge in [0, 0.05) is 23.7 Å². The lowest BCUT2D eigenvalue weighted by Crippen LogP contribution is -2.43. The Morgan fingerprint density at radius 1 is 1.12 bits per heavy atom. The fourth-order valence-corrected chi connectivity index (χ4v) is 4.75. The summed E-state index contributed by atoms with van der Waals surface area (Å²) in [6.07, 6.45) is 2.99. The molecule has 0 spiro atoms. The summed E-state index contributed by atoms with van der Waals surface area (Å²) in [5, 5.41) is 5.63. The van der Waals surface area contributed by atoms with E-state index in [-0.39, 0.29) is 17.4 Å². The largest absolute Gasteiger partial charge is 0.327 e. The van der Waals surface area contributed by atoms with Gasteiger partial charge in [-0.05, 0) is 56.2 Å². The second-order valence-electron chi connectivity index (χ2n) is 7.85. The highest BCUT2D eigenvalue weighted by molar-refractivity contribution is 7.13. The van der Waals surface area contributed by atoms with Crippen LogP contribution in [-0.2, 0) is 4.79 Å². The van der Waals surface area contributed by atoms with E-state index < -0.39 is 6.04 Å². The van der Waals surface area contributed by atoms with Crippen molar-refractivity contribution in [3.05, 3.63) is 81.8 Å². The molecule has 1 fully saturated rings. The van der Waals surface area contributed by atoms with E-state index >= 15 is 0 Å². The predicted molar refractivity (Wildman–Crippen MR) is 127 cm³/mol. The van der Waals surface area contributed by atoms with Crippen molar-refractivity contribution >= 4 is 39.2 Å². The van der Waals surface area contributed by atoms with Crippen molar-refractivity contribution in [1.82, 2.24) is 19.4 Å². The zero-order valence-electron chi connectivity index (χ0n) is 17.9. The zero-order valence-corrected chi connectivity index (χ0v) is 18.7. The second-order valence-corrected chi connectivity index (χ2v) is 8.74. The Balaban J connectivity index is 1.39. The van der Waals surface area contributed by atoms with Gasteiger partial charge in [0.15, 0.2) is 5.13 Å². The molecule has 1 unspecified atom stereocenters. The Morgan fingerprint density at radius 3 is 2.67 bits per heavy atom. The Kier molecular flexibility index (Phi) is 5.47. The van der Waals surface area contributed by atoms with Gasteiger partial charge in [-0.15, -0.1) is 11.3 Å². The predicted octanol–water partition coefficient (Wildman–Crippen LogP) is 3.39. The summed E-state index contributed by atoms with van der Waals surface area (Å²) in [7, 11) is 0. The van der Waals surface area contributed by atoms with Gasteiger partial charge in [0.05, 0.1) is 16.6 Å². The minimum absolute atomic E-state index is 0.157. The van der Waals surface area contributed by atoms with Gasteiger partial charge in [-0.25, -0.2) is 9.97 Å². The molecule has 8 nitrogen and oxygen atoms in total. The van der Waals surface area contributed by atoms with E-state index in [2.05, 4.69) is 15.3 Å². The molecule has 1 N–H and O–H groups in total. The maximum absolute atomic E-state index is 13.2. The fourth-order valence-electron chi connectivity index (χ4n) is 4.22. The quantitative estimate of drug-likeness (QED) is 0.505. The summed E-state index contributed by atoms with van der Waals surface area (Å²) < 4.78 is 1.54. The lowest BCUT2D eigenvalue weighted by atomic mass is 10.1. The summed E-state index contributed by atoms with van der Waals surface area (Å²) in [4.78, 5) is 49.1. The molecule has 2 aromatic heterocycles. The molecule has 9 heteroatoms. The van der Waals surface area contributed by atoms with Gasteiger partial charge in [-0.3, -0.25) is 19.0 Å². The van der Waals surface area contributed by atoms with Crippen LogP contribution in [0.3, 0.4) is 0 Å². The molecule has 4 aromatic rings. The number of anilines is 1. The van der Waals surface area contributed by atoms with Crippen LogP contribution in [0.25, 0.3) is 16.6 Å². The molecule has 3 heterocycles. The number of benzene rings is 2. The number of para-hydroxylation sites is 1. The Labute approximate surface area is 193 Å². The summed E-state index contributed by atoms with van der Waals surface area (Å²) in [6, 6.07) is 13.5. The second kappa shape index (κ2) is 8.59. The molecular formula is C24H21N5O3S. The van der Waals surface area contributed by atoms with E-state index in [9.17, 15) is 14.4 Å². The van der Waals surface area contributed by atoms with Crippen LogP contribution in [0, 0.1) is 6.92 Å². The Hall–Kier alpha value is -3.85. The first kappa shape index (κ1) is 21.0. The van der Waals surface area contributed by atoms with Gasteiger partial charge in [0.25, 0.3) is 11.5 Å². The molecule has 166 valence electrons. The first-order chi connectivity index (χ1) is 16.0. The van der Waals surface area contributed by atoms with Crippen molar-refractivity contribution in [3.8, 4) is 5.69 Å². The molecule has 1 aliphatic rings. The van der Waals surface area contributed by atoms with Gasteiger partial charge < -0.3 is 10.2 Å². The minimum Gasteiger partial charge on any atom is -0.327 e. The van der Waals surface area contributed by atoms with Crippen LogP contribution in [0.5, 0.6) is 0 Å². The SMILES string of the molecule is Cc1nc2ccccc2c(=O)n1-c1ccc(C(=O)N2CCCC2C(=O)Nc2nccs2)cc1. The molecule has 0 bridgehead atoms. The third kappa shape index (κ3) is 3.91. The number of carbonyl (C=O) groups excluding carboxylic acids is 2. The van der Waals surface area contributed by atoms with Crippen molar-refractivity contribution in [2.24, 2.45) is 0 Å². The number of fused-ring (bicyclic) bond motifs is 1. The number of aryl methyl sites for hydroxylation is 1. The molecular weight excluding hydrogens is 438 g/mol. The molecule has 0 radical (unpaired) electrons. The monoisotopic (exact) mass is 459 g/mol. The van der Waals surface area contributed by atoms with Crippen LogP contribution >= 0.6 is 11.3 Å². The number of hydrogen-bond acceptors (Lipinski definition) is 6. The molecule has 0 aliphatic carbocycles. The number of amides is 2. The lowest BCUT2D eigenvalue weighted by molar-refractivity contribution is -0.119. The van der Waals surface area contributed by atoms with Crippen molar-refractivity contribution in [3.63, 3.8) is 0 Å². The van der Waals surface area contributed by atoms with Gasteiger partial charge >= 0.3 is 0 Å². The highest BCUT2D eigenvalue weighted by atomic mass is 32.1. The van der Waals surface area contributed by atoms with E-state index in [0.29, 0.717) is 46.1 Å². The van der Waals surface area contributed by atoms with E-state index in [0.717, 1.165) is 6.42 Å². The number of nitrogens with one attached hydrogen (secondary N) is 1. The van der Waals surface area contributed by atoms with Crippen molar-refractivity contribution in [1.29, 1.82) is 0 Å². The first-order valence-electron chi connectivity index (χ1n) is 10.6. The van der Waals surface area contributed by atoms with Gasteiger partial charge in [0.1, 0.15) is 11.9 Å². The molecule has 1 saturated heterocycles. The van der Waals surface area contributed by atoms with Crippen LogP contribution < -0.4 is 10.9 Å². The molecule has 1 aliphatic heterocycles. The molecule has 1 atom stereocenters. The maximum Gasteiger partial charge on any atom is 0.265 e. The highest BCUT2D eigenvalue weighted by Crippen LogP contribution is 2.23. The molecule has 2 aromatic carbocycles. The Bertz CT molecular complexity index is 1400. The normalized spacial score (nSPS) is 15.7. The van der Waals surface area contributed by atoms with Gasteiger partial charge in [-0.2, -0.15) is 0 Å². The number of carbonyl (C=O) groups is 2. The van der Waals surface area contributed by atoms with Crippen LogP contribution in [0.1, 0.15) is 29.0 Å². The fraction of sp³-hybridized carbons (Fsp3) is 0.208. The van der Waals surface area contributed by atoms with E-state index in [1.807, 2.05) is 18.2 Å². The van der Waals surface area contributed by atoms with Crippen molar-refractivity contribution in [2.45, 2.75) is 25.8 Å². The number of nitrogens with zero attached hydrogens (tertiary/aromatic N) is 4. The van der Waals surface area contributed by atoms with Gasteiger partial charge in [-0.1, -0.05) is 12.1 Å². The van der Waals surface area contributed by atoms with Gasteiger partial charge in [0.2, 0.25) is 5.91 Å². The van der Waals surface area contributed by atoms with E-state index in [4.69, 9.17) is 0 Å². The van der Waals surface area contributed by atoms with Crippen molar-refractivity contribution in [2.75, 3.05) is 11.9 Å². The molecule has 2 amide bonds. The van der Waals surface area contributed by atoms with Crippen LogP contribution in [0.4, 0.5) is 5.13 Å². The smallest absolute Gasteiger partial charge is 0.265 e. The molecule has 0 saturated carbocycles. The molecule has 33 heavy (non-hydrogen) atoms. The summed E-state index contributed by atoms with van der Waals surface area (Å²) in [6.45, 7) is 2.30. The number of hydrogen-bond donors (Lipinski definition) is 1. The van der Waals surface area contributed by atoms with E-state index in [1.54, 1.807) is 53.7 Å². The third-order valence-electron chi connectivity index (χ3n) is 5.79. The topological polar surface area (TPSA) is 97.2 Å². The van der Waals surface area contributed by atoms with Crippen LogP contribution in [0.15, 0.2) is 64.9 Å². The summed E-state index contributed by atoms with van der Waals surface area (Å²) >= 11 is 1.34. The first-order valence-corrected chi connectivity index (χ1v) is 11.5. The third-order valence-corrected chi connectivity index (χ3v) is 6.48. The van der Waals surface area contributed by atoms with Crippen LogP contribution in [0.2, 0.25) is 0 Å².